The lowest BCUT2D eigenvalue weighted by Gasteiger charge is -2.28. The van der Waals surface area contributed by atoms with Gasteiger partial charge in [-0.15, -0.1) is 0 Å². The first-order valence-corrected chi connectivity index (χ1v) is 7.12. The Morgan fingerprint density at radius 3 is 2.62 bits per heavy atom. The van der Waals surface area contributed by atoms with Crippen molar-refractivity contribution in [2.24, 2.45) is 0 Å². The average Bonchev–Trinajstić information content (AvgIpc) is 3.00. The van der Waals surface area contributed by atoms with Crippen LogP contribution in [0.2, 0.25) is 0 Å². The van der Waals surface area contributed by atoms with Crippen LogP contribution >= 0.6 is 0 Å². The summed E-state index contributed by atoms with van der Waals surface area (Å²) >= 11 is 0. The van der Waals surface area contributed by atoms with Gasteiger partial charge in [-0.1, -0.05) is 12.1 Å². The van der Waals surface area contributed by atoms with Crippen LogP contribution in [0.5, 0.6) is 0 Å². The standard InChI is InChI=1S/C16H16N4O/c1-3-14(19-7-9-21-10-8-19)4-2-13(1)15-12-20-6-5-17-11-16(20)18-15/h1-6,11-12H,7-10H2. The summed E-state index contributed by atoms with van der Waals surface area (Å²) in [4.78, 5) is 11.0. The molecule has 0 bridgehead atoms. The van der Waals surface area contributed by atoms with Crippen LogP contribution < -0.4 is 4.90 Å². The fourth-order valence-corrected chi connectivity index (χ4v) is 2.65. The van der Waals surface area contributed by atoms with Gasteiger partial charge in [0.15, 0.2) is 5.65 Å². The maximum Gasteiger partial charge on any atom is 0.155 e. The minimum atomic E-state index is 0.807. The van der Waals surface area contributed by atoms with Crippen molar-refractivity contribution < 1.29 is 4.74 Å². The largest absolute Gasteiger partial charge is 0.378 e. The van der Waals surface area contributed by atoms with E-state index >= 15 is 0 Å². The Hall–Kier alpha value is -2.40. The third-order valence-corrected chi connectivity index (χ3v) is 3.80. The molecule has 0 saturated carbocycles. The van der Waals surface area contributed by atoms with Gasteiger partial charge in [-0.3, -0.25) is 4.98 Å². The predicted molar refractivity (Wildman–Crippen MR) is 81.5 cm³/mol. The number of nitrogens with zero attached hydrogens (tertiary/aromatic N) is 4. The number of morpholine rings is 1. The van der Waals surface area contributed by atoms with Crippen molar-refractivity contribution in [2.45, 2.75) is 0 Å². The molecular weight excluding hydrogens is 264 g/mol. The van der Waals surface area contributed by atoms with Crippen molar-refractivity contribution in [1.29, 1.82) is 0 Å². The Morgan fingerprint density at radius 1 is 1.05 bits per heavy atom. The highest BCUT2D eigenvalue weighted by molar-refractivity contribution is 5.65. The highest BCUT2D eigenvalue weighted by atomic mass is 16.5. The van der Waals surface area contributed by atoms with Crippen LogP contribution in [0.4, 0.5) is 5.69 Å². The summed E-state index contributed by atoms with van der Waals surface area (Å²) in [5.74, 6) is 0. The third kappa shape index (κ3) is 2.36. The first-order valence-electron chi connectivity index (χ1n) is 7.12. The molecule has 3 aromatic rings. The van der Waals surface area contributed by atoms with Gasteiger partial charge in [-0.2, -0.15) is 0 Å². The molecule has 0 spiro atoms. The number of rotatable bonds is 2. The minimum Gasteiger partial charge on any atom is -0.378 e. The predicted octanol–water partition coefficient (Wildman–Crippen LogP) is 2.23. The van der Waals surface area contributed by atoms with E-state index in [0.717, 1.165) is 43.2 Å². The van der Waals surface area contributed by atoms with Crippen LogP contribution in [-0.4, -0.2) is 40.7 Å². The van der Waals surface area contributed by atoms with E-state index in [1.165, 1.54) is 5.69 Å². The summed E-state index contributed by atoms with van der Waals surface area (Å²) in [6, 6.07) is 8.56. The van der Waals surface area contributed by atoms with E-state index in [1.54, 1.807) is 12.4 Å². The summed E-state index contributed by atoms with van der Waals surface area (Å²) < 4.78 is 7.37. The molecule has 0 unspecified atom stereocenters. The van der Waals surface area contributed by atoms with Gasteiger partial charge < -0.3 is 14.0 Å². The number of aromatic nitrogens is 3. The monoisotopic (exact) mass is 280 g/mol. The van der Waals surface area contributed by atoms with E-state index in [4.69, 9.17) is 4.74 Å². The molecule has 1 aromatic carbocycles. The van der Waals surface area contributed by atoms with E-state index in [-0.39, 0.29) is 0 Å². The number of hydrogen-bond acceptors (Lipinski definition) is 4. The van der Waals surface area contributed by atoms with E-state index in [1.807, 2.05) is 16.8 Å². The molecule has 1 fully saturated rings. The smallest absolute Gasteiger partial charge is 0.155 e. The first kappa shape index (κ1) is 12.3. The zero-order valence-corrected chi connectivity index (χ0v) is 11.6. The second-order valence-corrected chi connectivity index (χ2v) is 5.11. The molecule has 5 heteroatoms. The van der Waals surface area contributed by atoms with Crippen molar-refractivity contribution >= 4 is 11.3 Å². The number of hydrogen-bond donors (Lipinski definition) is 0. The van der Waals surface area contributed by atoms with Gasteiger partial charge in [-0.25, -0.2) is 4.98 Å². The SMILES string of the molecule is c1cn2cc(-c3ccc(N4CCOCC4)cc3)nc2cn1. The van der Waals surface area contributed by atoms with Gasteiger partial charge in [0.2, 0.25) is 0 Å². The summed E-state index contributed by atoms with van der Waals surface area (Å²) in [7, 11) is 0. The van der Waals surface area contributed by atoms with Gasteiger partial charge in [0.25, 0.3) is 0 Å². The summed E-state index contributed by atoms with van der Waals surface area (Å²) in [6.45, 7) is 3.53. The van der Waals surface area contributed by atoms with Crippen molar-refractivity contribution in [3.05, 3.63) is 49.1 Å². The molecule has 3 heterocycles. The molecule has 0 amide bonds. The Labute approximate surface area is 122 Å². The minimum absolute atomic E-state index is 0.807. The lowest BCUT2D eigenvalue weighted by molar-refractivity contribution is 0.122. The number of ether oxygens (including phenoxy) is 1. The number of imidazole rings is 1. The molecule has 0 aliphatic carbocycles. The lowest BCUT2D eigenvalue weighted by Crippen LogP contribution is -2.36. The fourth-order valence-electron chi connectivity index (χ4n) is 2.65. The van der Waals surface area contributed by atoms with Crippen molar-refractivity contribution in [3.8, 4) is 11.3 Å². The van der Waals surface area contributed by atoms with E-state index in [2.05, 4.69) is 39.1 Å². The van der Waals surface area contributed by atoms with E-state index in [9.17, 15) is 0 Å². The summed E-state index contributed by atoms with van der Waals surface area (Å²) in [6.07, 6.45) is 7.47. The summed E-state index contributed by atoms with van der Waals surface area (Å²) in [5, 5.41) is 0. The van der Waals surface area contributed by atoms with Crippen LogP contribution in [0, 0.1) is 0 Å². The molecule has 0 radical (unpaired) electrons. The molecule has 106 valence electrons. The Balaban J connectivity index is 1.63. The van der Waals surface area contributed by atoms with Crippen LogP contribution in [0.15, 0.2) is 49.1 Å². The molecule has 1 aliphatic rings. The normalized spacial score (nSPS) is 15.5. The molecule has 5 nitrogen and oxygen atoms in total. The Morgan fingerprint density at radius 2 is 1.86 bits per heavy atom. The second kappa shape index (κ2) is 5.18. The zero-order valence-electron chi connectivity index (χ0n) is 11.6. The van der Waals surface area contributed by atoms with Crippen LogP contribution in [-0.2, 0) is 4.74 Å². The number of anilines is 1. The average molecular weight is 280 g/mol. The Kier molecular flexibility index (Phi) is 3.05. The maximum absolute atomic E-state index is 5.39. The molecule has 1 saturated heterocycles. The highest BCUT2D eigenvalue weighted by Crippen LogP contribution is 2.23. The van der Waals surface area contributed by atoms with Gasteiger partial charge in [0, 0.05) is 42.9 Å². The molecule has 2 aromatic heterocycles. The van der Waals surface area contributed by atoms with Crippen molar-refractivity contribution in [3.63, 3.8) is 0 Å². The van der Waals surface area contributed by atoms with Gasteiger partial charge in [0.1, 0.15) is 0 Å². The van der Waals surface area contributed by atoms with E-state index < -0.39 is 0 Å². The zero-order chi connectivity index (χ0) is 14.1. The second-order valence-electron chi connectivity index (χ2n) is 5.11. The first-order chi connectivity index (χ1) is 10.4. The Bertz CT molecular complexity index is 711. The van der Waals surface area contributed by atoms with Gasteiger partial charge in [0.05, 0.1) is 25.1 Å². The number of benzene rings is 1. The topological polar surface area (TPSA) is 42.7 Å². The van der Waals surface area contributed by atoms with Crippen molar-refractivity contribution in [1.82, 2.24) is 14.4 Å². The van der Waals surface area contributed by atoms with Crippen molar-refractivity contribution in [2.75, 3.05) is 31.2 Å². The van der Waals surface area contributed by atoms with E-state index in [0.29, 0.717) is 0 Å². The van der Waals surface area contributed by atoms with Crippen LogP contribution in [0.1, 0.15) is 0 Å². The van der Waals surface area contributed by atoms with Crippen LogP contribution in [0.25, 0.3) is 16.9 Å². The molecular formula is C16H16N4O. The third-order valence-electron chi connectivity index (χ3n) is 3.80. The maximum atomic E-state index is 5.39. The molecule has 1 aliphatic heterocycles. The summed E-state index contributed by atoms with van der Waals surface area (Å²) in [5.41, 5.74) is 4.20. The fraction of sp³-hybridized carbons (Fsp3) is 0.250. The van der Waals surface area contributed by atoms with Gasteiger partial charge >= 0.3 is 0 Å². The highest BCUT2D eigenvalue weighted by Gasteiger charge is 2.11. The molecule has 0 N–H and O–H groups in total. The lowest BCUT2D eigenvalue weighted by atomic mass is 10.1. The number of fused-ring (bicyclic) bond motifs is 1. The van der Waals surface area contributed by atoms with Gasteiger partial charge in [-0.05, 0) is 12.1 Å². The molecule has 0 atom stereocenters. The molecule has 21 heavy (non-hydrogen) atoms. The quantitative estimate of drug-likeness (QED) is 0.722. The molecule has 4 rings (SSSR count). The van der Waals surface area contributed by atoms with Crippen LogP contribution in [0.3, 0.4) is 0 Å².